The maximum absolute atomic E-state index is 11.1. The summed E-state index contributed by atoms with van der Waals surface area (Å²) >= 11 is 1.37. The predicted molar refractivity (Wildman–Crippen MR) is 120 cm³/mol. The van der Waals surface area contributed by atoms with E-state index >= 15 is 0 Å². The summed E-state index contributed by atoms with van der Waals surface area (Å²) in [5.41, 5.74) is 1.62. The molecule has 7 nitrogen and oxygen atoms in total. The van der Waals surface area contributed by atoms with Crippen molar-refractivity contribution in [1.82, 2.24) is 9.55 Å². The van der Waals surface area contributed by atoms with Crippen molar-refractivity contribution < 1.29 is 9.84 Å². The summed E-state index contributed by atoms with van der Waals surface area (Å²) in [6.45, 7) is 0. The van der Waals surface area contributed by atoms with Gasteiger partial charge in [0.2, 0.25) is 5.88 Å². The van der Waals surface area contributed by atoms with Crippen molar-refractivity contribution in [2.45, 2.75) is 0 Å². The first kappa shape index (κ1) is 19.0. The molecule has 0 unspecified atom stereocenters. The fraction of sp³-hybridized carbons (Fsp3) is 0.0435. The van der Waals surface area contributed by atoms with Crippen LogP contribution in [0.15, 0.2) is 81.8 Å². The number of pyridine rings is 1. The summed E-state index contributed by atoms with van der Waals surface area (Å²) in [7, 11) is 1.59. The number of ether oxygens (including phenoxy) is 1. The molecule has 0 amide bonds. The second kappa shape index (κ2) is 8.00. The van der Waals surface area contributed by atoms with Gasteiger partial charge in [0.05, 0.1) is 34.9 Å². The highest BCUT2D eigenvalue weighted by Crippen LogP contribution is 2.25. The minimum absolute atomic E-state index is 0.108. The van der Waals surface area contributed by atoms with E-state index in [1.165, 1.54) is 11.3 Å². The maximum Gasteiger partial charge on any atom is 0.215 e. The number of nitrogens with zero attached hydrogens (tertiary/aromatic N) is 5. The third kappa shape index (κ3) is 3.76. The fourth-order valence-electron chi connectivity index (χ4n) is 3.17. The van der Waals surface area contributed by atoms with Crippen molar-refractivity contribution in [3.05, 3.63) is 87.1 Å². The molecule has 3 heterocycles. The lowest BCUT2D eigenvalue weighted by Crippen LogP contribution is -2.11. The molecule has 152 valence electrons. The number of aromatic hydroxyl groups is 1. The van der Waals surface area contributed by atoms with Gasteiger partial charge in [0.1, 0.15) is 12.1 Å². The fourth-order valence-corrected chi connectivity index (χ4v) is 4.17. The zero-order valence-electron chi connectivity index (χ0n) is 16.5. The number of hydrogen-bond donors (Lipinski definition) is 1. The Labute approximate surface area is 181 Å². The zero-order valence-corrected chi connectivity index (χ0v) is 17.3. The largest absolute Gasteiger partial charge is 0.495 e. The molecule has 0 aliphatic carbocycles. The highest BCUT2D eigenvalue weighted by atomic mass is 32.1. The average molecular weight is 427 g/mol. The Morgan fingerprint density at radius 1 is 1.10 bits per heavy atom. The van der Waals surface area contributed by atoms with Crippen LogP contribution in [-0.4, -0.2) is 28.1 Å². The molecular formula is C23H17N5O2S. The van der Waals surface area contributed by atoms with E-state index in [1.807, 2.05) is 54.6 Å². The van der Waals surface area contributed by atoms with Crippen molar-refractivity contribution in [3.8, 4) is 17.3 Å². The molecule has 4 aromatic rings. The second-order valence-electron chi connectivity index (χ2n) is 6.68. The number of thiazole rings is 1. The van der Waals surface area contributed by atoms with Gasteiger partial charge in [0.25, 0.3) is 0 Å². The van der Waals surface area contributed by atoms with Crippen molar-refractivity contribution in [2.24, 2.45) is 15.0 Å². The third-order valence-electron chi connectivity index (χ3n) is 4.70. The van der Waals surface area contributed by atoms with E-state index in [2.05, 4.69) is 20.0 Å². The molecule has 5 rings (SSSR count). The lowest BCUT2D eigenvalue weighted by Gasteiger charge is -2.04. The SMILES string of the molecule is COc1ccc(N=c2sc(C=c3ccc4c(c3)N=CN=4)c(O)n2-c2ccccc2)nc1. The standard InChI is InChI=1S/C23H17N5O2S/c1-30-17-8-10-21(24-13-17)27-23-28(16-5-3-2-4-6-16)22(29)20(31-23)12-15-7-9-18-19(11-15)26-14-25-18/h2-14,29H,1H3. The van der Waals surface area contributed by atoms with Crippen molar-refractivity contribution in [1.29, 1.82) is 0 Å². The molecular weight excluding hydrogens is 410 g/mol. The van der Waals surface area contributed by atoms with Crippen LogP contribution in [0, 0.1) is 0 Å². The first-order valence-corrected chi connectivity index (χ1v) is 10.3. The van der Waals surface area contributed by atoms with Gasteiger partial charge < -0.3 is 9.84 Å². The number of para-hydroxylation sites is 1. The van der Waals surface area contributed by atoms with Crippen LogP contribution in [0.3, 0.4) is 0 Å². The van der Waals surface area contributed by atoms with E-state index in [9.17, 15) is 5.11 Å². The average Bonchev–Trinajstić information content (AvgIpc) is 3.39. The Morgan fingerprint density at radius 3 is 2.74 bits per heavy atom. The van der Waals surface area contributed by atoms with Crippen molar-refractivity contribution in [2.75, 3.05) is 7.11 Å². The molecule has 0 saturated heterocycles. The van der Waals surface area contributed by atoms with Gasteiger partial charge in [-0.15, -0.1) is 0 Å². The quantitative estimate of drug-likeness (QED) is 0.543. The van der Waals surface area contributed by atoms with Crippen LogP contribution >= 0.6 is 11.3 Å². The summed E-state index contributed by atoms with van der Waals surface area (Å²) in [6, 6.07) is 19.0. The lowest BCUT2D eigenvalue weighted by atomic mass is 10.2. The zero-order chi connectivity index (χ0) is 21.2. The smallest absolute Gasteiger partial charge is 0.215 e. The van der Waals surface area contributed by atoms with Crippen LogP contribution in [-0.2, 0) is 0 Å². The molecule has 1 aliphatic heterocycles. The van der Waals surface area contributed by atoms with Crippen LogP contribution in [0.1, 0.15) is 4.88 Å². The Hall–Kier alpha value is -4.04. The Balaban J connectivity index is 1.69. The molecule has 0 bridgehead atoms. The summed E-state index contributed by atoms with van der Waals surface area (Å²) in [5.74, 6) is 1.29. The molecule has 8 heteroatoms. The Morgan fingerprint density at radius 2 is 1.97 bits per heavy atom. The van der Waals surface area contributed by atoms with Gasteiger partial charge in [-0.05, 0) is 47.7 Å². The molecule has 1 N–H and O–H groups in total. The predicted octanol–water partition coefficient (Wildman–Crippen LogP) is 3.00. The van der Waals surface area contributed by atoms with E-state index in [0.29, 0.717) is 21.2 Å². The van der Waals surface area contributed by atoms with Gasteiger partial charge >= 0.3 is 0 Å². The van der Waals surface area contributed by atoms with E-state index in [-0.39, 0.29) is 5.88 Å². The van der Waals surface area contributed by atoms with Crippen molar-refractivity contribution in [3.63, 3.8) is 0 Å². The number of aliphatic imine (C=N–C) groups is 1. The summed E-state index contributed by atoms with van der Waals surface area (Å²) in [5, 5.41) is 12.8. The van der Waals surface area contributed by atoms with E-state index in [4.69, 9.17) is 4.74 Å². The summed E-state index contributed by atoms with van der Waals surface area (Å²) < 4.78 is 6.88. The molecule has 2 aromatic carbocycles. The van der Waals surface area contributed by atoms with Gasteiger partial charge in [-0.25, -0.2) is 20.0 Å². The summed E-state index contributed by atoms with van der Waals surface area (Å²) in [4.78, 5) is 18.7. The molecule has 0 atom stereocenters. The lowest BCUT2D eigenvalue weighted by molar-refractivity contribution is 0.413. The van der Waals surface area contributed by atoms with Gasteiger partial charge in [0, 0.05) is 0 Å². The minimum Gasteiger partial charge on any atom is -0.495 e. The number of benzene rings is 2. The third-order valence-corrected chi connectivity index (χ3v) is 5.67. The molecule has 31 heavy (non-hydrogen) atoms. The van der Waals surface area contributed by atoms with Gasteiger partial charge in [0.15, 0.2) is 10.6 Å². The Kier molecular flexibility index (Phi) is 4.89. The minimum atomic E-state index is 0.108. The molecule has 2 aromatic heterocycles. The number of hydrogen-bond acceptors (Lipinski definition) is 7. The van der Waals surface area contributed by atoms with E-state index in [1.54, 1.807) is 36.3 Å². The molecule has 0 saturated carbocycles. The topological polar surface area (TPSA) is 84.4 Å². The van der Waals surface area contributed by atoms with Gasteiger partial charge in [-0.2, -0.15) is 0 Å². The summed E-state index contributed by atoms with van der Waals surface area (Å²) in [6.07, 6.45) is 5.07. The highest BCUT2D eigenvalue weighted by Gasteiger charge is 2.13. The van der Waals surface area contributed by atoms with Gasteiger partial charge in [-0.3, -0.25) is 4.57 Å². The Bertz CT molecular complexity index is 1470. The number of methoxy groups -OCH3 is 1. The van der Waals surface area contributed by atoms with Gasteiger partial charge in [-0.1, -0.05) is 35.6 Å². The van der Waals surface area contributed by atoms with Crippen LogP contribution in [0.25, 0.3) is 11.8 Å². The van der Waals surface area contributed by atoms with Crippen LogP contribution in [0.5, 0.6) is 11.6 Å². The van der Waals surface area contributed by atoms with Crippen LogP contribution in [0.4, 0.5) is 11.5 Å². The van der Waals surface area contributed by atoms with Crippen LogP contribution in [0.2, 0.25) is 0 Å². The highest BCUT2D eigenvalue weighted by molar-refractivity contribution is 7.10. The van der Waals surface area contributed by atoms with E-state index < -0.39 is 0 Å². The number of aromatic nitrogens is 2. The molecule has 1 aliphatic rings. The number of rotatable bonds is 4. The monoisotopic (exact) mass is 427 g/mol. The normalized spacial score (nSPS) is 13.3. The first-order valence-electron chi connectivity index (χ1n) is 9.48. The van der Waals surface area contributed by atoms with E-state index in [0.717, 1.165) is 22.0 Å². The molecule has 0 spiro atoms. The van der Waals surface area contributed by atoms with Crippen LogP contribution < -0.4 is 20.1 Å². The maximum atomic E-state index is 11.1. The number of fused-ring (bicyclic) bond motifs is 1. The molecule has 0 fully saturated rings. The first-order chi connectivity index (χ1) is 15.2. The molecule has 0 radical (unpaired) electrons. The van der Waals surface area contributed by atoms with Crippen molar-refractivity contribution >= 4 is 35.3 Å². The second-order valence-corrected chi connectivity index (χ2v) is 7.69.